The van der Waals surface area contributed by atoms with E-state index in [4.69, 9.17) is 4.52 Å². The zero-order valence-corrected chi connectivity index (χ0v) is 17.1. The van der Waals surface area contributed by atoms with Gasteiger partial charge in [-0.2, -0.15) is 0 Å². The normalized spacial score (nSPS) is 11.0. The van der Waals surface area contributed by atoms with Gasteiger partial charge in [-0.25, -0.2) is 9.78 Å². The lowest BCUT2D eigenvalue weighted by atomic mass is 10.2. The van der Waals surface area contributed by atoms with Crippen LogP contribution in [0.3, 0.4) is 0 Å². The maximum absolute atomic E-state index is 12.1. The van der Waals surface area contributed by atoms with E-state index in [-0.39, 0.29) is 11.6 Å². The van der Waals surface area contributed by atoms with E-state index in [2.05, 4.69) is 25.8 Å². The van der Waals surface area contributed by atoms with Crippen LogP contribution in [-0.2, 0) is 5.75 Å². The fourth-order valence-corrected chi connectivity index (χ4v) is 4.21. The third-order valence-electron chi connectivity index (χ3n) is 3.89. The van der Waals surface area contributed by atoms with Gasteiger partial charge in [0.1, 0.15) is 5.76 Å². The molecule has 4 aromatic rings. The summed E-state index contributed by atoms with van der Waals surface area (Å²) in [6.07, 6.45) is 0. The van der Waals surface area contributed by atoms with E-state index in [1.54, 1.807) is 13.0 Å². The fraction of sp³-hybridized carbons (Fsp3) is 0.167. The number of nitrogens with one attached hydrogen (secondary N) is 2. The number of carbonyl (C=O) groups is 1. The minimum Gasteiger partial charge on any atom is -0.375 e. The molecule has 0 spiro atoms. The Morgan fingerprint density at radius 1 is 1.21 bits per heavy atom. The molecule has 29 heavy (non-hydrogen) atoms. The molecular formula is C18H16N6O3S2. The maximum Gasteiger partial charge on any atom is 0.325 e. The van der Waals surface area contributed by atoms with Gasteiger partial charge in [-0.05, 0) is 25.5 Å². The summed E-state index contributed by atoms with van der Waals surface area (Å²) in [5, 5.41) is 13.9. The lowest BCUT2D eigenvalue weighted by Crippen LogP contribution is -2.19. The monoisotopic (exact) mass is 428 g/mol. The zero-order chi connectivity index (χ0) is 20.4. The number of para-hydroxylation sites is 1. The summed E-state index contributed by atoms with van der Waals surface area (Å²) in [5.74, 6) is 1.06. The van der Waals surface area contributed by atoms with Crippen molar-refractivity contribution in [3.05, 3.63) is 63.8 Å². The molecule has 2 amide bonds. The number of fused-ring (bicyclic) bond motifs is 1. The zero-order valence-electron chi connectivity index (χ0n) is 15.5. The molecule has 0 radical (unpaired) electrons. The summed E-state index contributed by atoms with van der Waals surface area (Å²) in [5.41, 5.74) is 2.50. The number of hydrogen-bond donors (Lipinski definition) is 2. The first kappa shape index (κ1) is 19.2. The quantitative estimate of drug-likeness (QED) is 0.368. The Balaban J connectivity index is 1.37. The largest absolute Gasteiger partial charge is 0.375 e. The van der Waals surface area contributed by atoms with Crippen LogP contribution in [0.1, 0.15) is 17.0 Å². The van der Waals surface area contributed by atoms with Crippen LogP contribution >= 0.6 is 23.1 Å². The van der Waals surface area contributed by atoms with Gasteiger partial charge in [0.15, 0.2) is 9.99 Å². The molecule has 0 atom stereocenters. The molecule has 0 aliphatic heterocycles. The highest BCUT2D eigenvalue weighted by Crippen LogP contribution is 2.28. The lowest BCUT2D eigenvalue weighted by Gasteiger charge is -2.07. The van der Waals surface area contributed by atoms with Crippen molar-refractivity contribution < 1.29 is 9.32 Å². The summed E-state index contributed by atoms with van der Waals surface area (Å²) < 4.78 is 7.09. The molecule has 11 heteroatoms. The van der Waals surface area contributed by atoms with Crippen LogP contribution in [0.2, 0.25) is 0 Å². The molecule has 9 nitrogen and oxygen atoms in total. The van der Waals surface area contributed by atoms with Crippen LogP contribution in [-0.4, -0.2) is 25.8 Å². The van der Waals surface area contributed by atoms with Crippen LogP contribution in [0.4, 0.5) is 15.6 Å². The number of aromatic nitrogens is 4. The number of carbonyl (C=O) groups excluding carboxylic acids is 1. The second-order valence-corrected chi connectivity index (χ2v) is 8.34. The van der Waals surface area contributed by atoms with E-state index < -0.39 is 0 Å². The number of urea groups is 1. The Hall–Kier alpha value is -3.18. The second-order valence-electron chi connectivity index (χ2n) is 6.14. The van der Waals surface area contributed by atoms with Crippen molar-refractivity contribution in [1.82, 2.24) is 19.8 Å². The standard InChI is InChI=1S/C18H16N6O3S2/c1-10-5-3-4-6-13(10)20-16(26)21-17-22-23-18(29-17)28-9-12-8-15(25)24-14(19-12)7-11(2)27-24/h3-8H,9H2,1-2H3,(H2,20,21,22,26). The van der Waals surface area contributed by atoms with E-state index in [9.17, 15) is 9.59 Å². The summed E-state index contributed by atoms with van der Waals surface area (Å²) in [6, 6.07) is 10.2. The Morgan fingerprint density at radius 3 is 2.86 bits per heavy atom. The Kier molecular flexibility index (Phi) is 5.32. The summed E-state index contributed by atoms with van der Waals surface area (Å²) in [7, 11) is 0. The molecule has 0 aliphatic rings. The molecule has 148 valence electrons. The highest BCUT2D eigenvalue weighted by molar-refractivity contribution is 8.00. The second kappa shape index (κ2) is 8.05. The molecule has 0 unspecified atom stereocenters. The van der Waals surface area contributed by atoms with Crippen molar-refractivity contribution >= 4 is 45.6 Å². The summed E-state index contributed by atoms with van der Waals surface area (Å²) in [6.45, 7) is 3.67. The van der Waals surface area contributed by atoms with Crippen LogP contribution in [0.15, 0.2) is 50.1 Å². The van der Waals surface area contributed by atoms with E-state index in [1.807, 2.05) is 31.2 Å². The van der Waals surface area contributed by atoms with Crippen LogP contribution in [0, 0.1) is 13.8 Å². The van der Waals surface area contributed by atoms with Crippen LogP contribution in [0.5, 0.6) is 0 Å². The molecule has 0 saturated carbocycles. The van der Waals surface area contributed by atoms with Gasteiger partial charge in [0.2, 0.25) is 5.13 Å². The third kappa shape index (κ3) is 4.46. The molecule has 2 N–H and O–H groups in total. The van der Waals surface area contributed by atoms with Gasteiger partial charge in [-0.1, -0.05) is 41.3 Å². The number of anilines is 2. The first-order valence-electron chi connectivity index (χ1n) is 8.57. The Morgan fingerprint density at radius 2 is 2.03 bits per heavy atom. The highest BCUT2D eigenvalue weighted by atomic mass is 32.2. The number of thioether (sulfide) groups is 1. The highest BCUT2D eigenvalue weighted by Gasteiger charge is 2.11. The number of nitrogens with zero attached hydrogens (tertiary/aromatic N) is 4. The number of hydrogen-bond acceptors (Lipinski definition) is 8. The molecule has 3 aromatic heterocycles. The summed E-state index contributed by atoms with van der Waals surface area (Å²) in [4.78, 5) is 28.6. The van der Waals surface area contributed by atoms with Crippen LogP contribution in [0.25, 0.3) is 5.65 Å². The predicted octanol–water partition coefficient (Wildman–Crippen LogP) is 3.69. The smallest absolute Gasteiger partial charge is 0.325 e. The van der Waals surface area contributed by atoms with Gasteiger partial charge in [0, 0.05) is 23.6 Å². The van der Waals surface area contributed by atoms with Gasteiger partial charge < -0.3 is 9.84 Å². The van der Waals surface area contributed by atoms with E-state index in [0.717, 1.165) is 15.8 Å². The molecule has 0 bridgehead atoms. The molecule has 0 saturated heterocycles. The van der Waals surface area contributed by atoms with E-state index in [0.29, 0.717) is 32.3 Å². The first-order chi connectivity index (χ1) is 14.0. The topological polar surface area (TPSA) is 114 Å². The van der Waals surface area contributed by atoms with Crippen molar-refractivity contribution in [3.8, 4) is 0 Å². The predicted molar refractivity (Wildman–Crippen MR) is 112 cm³/mol. The Labute approximate surface area is 173 Å². The Bertz CT molecular complexity index is 1250. The lowest BCUT2D eigenvalue weighted by molar-refractivity contribution is 0.262. The minimum absolute atomic E-state index is 0.272. The minimum atomic E-state index is -0.387. The van der Waals surface area contributed by atoms with Gasteiger partial charge in [0.25, 0.3) is 5.56 Å². The van der Waals surface area contributed by atoms with Gasteiger partial charge in [0.05, 0.1) is 5.69 Å². The van der Waals surface area contributed by atoms with Crippen LogP contribution < -0.4 is 16.2 Å². The third-order valence-corrected chi connectivity index (χ3v) is 5.89. The molecule has 3 heterocycles. The van der Waals surface area contributed by atoms with Crippen molar-refractivity contribution in [2.24, 2.45) is 0 Å². The number of amides is 2. The van der Waals surface area contributed by atoms with Gasteiger partial charge >= 0.3 is 6.03 Å². The van der Waals surface area contributed by atoms with E-state index in [1.165, 1.54) is 29.2 Å². The fourth-order valence-electron chi connectivity index (χ4n) is 2.57. The first-order valence-corrected chi connectivity index (χ1v) is 10.4. The average molecular weight is 428 g/mol. The molecular weight excluding hydrogens is 412 g/mol. The van der Waals surface area contributed by atoms with Crippen molar-refractivity contribution in [3.63, 3.8) is 0 Å². The number of aryl methyl sites for hydroxylation is 2. The van der Waals surface area contributed by atoms with Gasteiger partial charge in [-0.15, -0.1) is 14.8 Å². The van der Waals surface area contributed by atoms with E-state index >= 15 is 0 Å². The number of rotatable bonds is 5. The average Bonchev–Trinajstić information content (AvgIpc) is 3.28. The van der Waals surface area contributed by atoms with Gasteiger partial charge in [-0.3, -0.25) is 10.1 Å². The summed E-state index contributed by atoms with van der Waals surface area (Å²) >= 11 is 2.63. The SMILES string of the molecule is Cc1cc2nc(CSc3nnc(NC(=O)Nc4ccccc4C)s3)cc(=O)n2o1. The van der Waals surface area contributed by atoms with Crippen molar-refractivity contribution in [2.45, 2.75) is 23.9 Å². The van der Waals surface area contributed by atoms with Crippen molar-refractivity contribution in [1.29, 1.82) is 0 Å². The molecule has 0 aliphatic carbocycles. The number of benzene rings is 1. The molecule has 4 rings (SSSR count). The maximum atomic E-state index is 12.1. The molecule has 1 aromatic carbocycles. The molecule has 0 fully saturated rings. The van der Waals surface area contributed by atoms with Crippen molar-refractivity contribution in [2.75, 3.05) is 10.6 Å².